The van der Waals surface area contributed by atoms with Crippen LogP contribution < -0.4 is 14.8 Å². The van der Waals surface area contributed by atoms with Gasteiger partial charge >= 0.3 is 6.18 Å². The van der Waals surface area contributed by atoms with Crippen LogP contribution in [0.1, 0.15) is 35.1 Å². The Morgan fingerprint density at radius 2 is 1.88 bits per heavy atom. The van der Waals surface area contributed by atoms with E-state index in [-0.39, 0.29) is 16.8 Å². The molecule has 174 valence electrons. The summed E-state index contributed by atoms with van der Waals surface area (Å²) >= 11 is 5.42. The largest absolute Gasteiger partial charge is 0.484 e. The van der Waals surface area contributed by atoms with Crippen LogP contribution in [0.25, 0.3) is 0 Å². The van der Waals surface area contributed by atoms with Gasteiger partial charge < -0.3 is 14.8 Å². The maximum atomic E-state index is 13.7. The average Bonchev–Trinajstić information content (AvgIpc) is 3.06. The quantitative estimate of drug-likeness (QED) is 0.659. The van der Waals surface area contributed by atoms with Gasteiger partial charge in [-0.05, 0) is 74.2 Å². The molecule has 2 aromatic rings. The number of rotatable bonds is 2. The smallest absolute Gasteiger partial charge is 0.422 e. The van der Waals surface area contributed by atoms with Gasteiger partial charge in [0.1, 0.15) is 17.1 Å². The number of fused-ring (bicyclic) bond motifs is 4. The Kier molecular flexibility index (Phi) is 4.90. The van der Waals surface area contributed by atoms with Crippen LogP contribution >= 0.6 is 12.2 Å². The van der Waals surface area contributed by atoms with Crippen LogP contribution in [0.2, 0.25) is 0 Å². The van der Waals surface area contributed by atoms with Crippen LogP contribution in [0.4, 0.5) is 13.2 Å². The summed E-state index contributed by atoms with van der Waals surface area (Å²) in [6.07, 6.45) is -1.97. The molecule has 2 aliphatic heterocycles. The first-order valence-electron chi connectivity index (χ1n) is 10.8. The number of carbonyl (C=O) groups is 1. The van der Waals surface area contributed by atoms with E-state index in [1.165, 1.54) is 28.2 Å². The van der Waals surface area contributed by atoms with E-state index in [1.54, 1.807) is 13.1 Å². The standard InChI is InChI=1S/C24H23F3N2O3S/c1-14-3-4-15-7-9-22(10-8-16(15)11-14)24(20(30)29(2)21(33)28-24)18-12-17(5-6-19(18)32-22)31-13-23(25,26)27/h3-6,11-12H,7-10,13H2,1-2H3,(H,28,33). The van der Waals surface area contributed by atoms with Gasteiger partial charge in [-0.2, -0.15) is 13.2 Å². The zero-order valence-corrected chi connectivity index (χ0v) is 19.0. The average molecular weight is 477 g/mol. The minimum atomic E-state index is -4.47. The van der Waals surface area contributed by atoms with Crippen molar-refractivity contribution in [2.24, 2.45) is 0 Å². The Bertz CT molecular complexity index is 1170. The van der Waals surface area contributed by atoms with Gasteiger partial charge in [-0.3, -0.25) is 9.69 Å². The van der Waals surface area contributed by atoms with Crippen molar-refractivity contribution in [1.82, 2.24) is 10.2 Å². The summed E-state index contributed by atoms with van der Waals surface area (Å²) in [7, 11) is 1.59. The molecule has 1 saturated heterocycles. The van der Waals surface area contributed by atoms with Crippen LogP contribution in [0.3, 0.4) is 0 Å². The third-order valence-corrected chi connectivity index (χ3v) is 7.30. The first-order chi connectivity index (χ1) is 15.5. The van der Waals surface area contributed by atoms with E-state index < -0.39 is 23.9 Å². The second kappa shape index (κ2) is 7.35. The second-order valence-electron chi connectivity index (χ2n) is 8.97. The van der Waals surface area contributed by atoms with Gasteiger partial charge in [0.15, 0.2) is 17.3 Å². The van der Waals surface area contributed by atoms with Crippen molar-refractivity contribution in [3.63, 3.8) is 0 Å². The summed E-state index contributed by atoms with van der Waals surface area (Å²) in [5.41, 5.74) is 1.78. The summed E-state index contributed by atoms with van der Waals surface area (Å²) in [5, 5.41) is 3.48. The minimum Gasteiger partial charge on any atom is -0.484 e. The minimum absolute atomic E-state index is 0.0219. The molecule has 33 heavy (non-hydrogen) atoms. The Morgan fingerprint density at radius 3 is 2.55 bits per heavy atom. The lowest BCUT2D eigenvalue weighted by Gasteiger charge is -2.40. The molecule has 5 rings (SSSR count). The van der Waals surface area contributed by atoms with Gasteiger partial charge in [0.05, 0.1) is 0 Å². The summed E-state index contributed by atoms with van der Waals surface area (Å²) in [6.45, 7) is 0.626. The number of amides is 1. The predicted molar refractivity (Wildman–Crippen MR) is 119 cm³/mol. The van der Waals surface area contributed by atoms with Crippen molar-refractivity contribution >= 4 is 23.2 Å². The highest BCUT2D eigenvalue weighted by Crippen LogP contribution is 2.56. The predicted octanol–water partition coefficient (Wildman–Crippen LogP) is 4.19. The number of thiocarbonyl (C=S) groups is 1. The van der Waals surface area contributed by atoms with Crippen molar-refractivity contribution in [3.8, 4) is 11.5 Å². The monoisotopic (exact) mass is 476 g/mol. The molecule has 5 nitrogen and oxygen atoms in total. The SMILES string of the molecule is Cc1ccc2c(c1)CCC1(CC2)Oc2ccc(OCC(F)(F)F)cc2C12NC(=S)N(C)C2=O. The summed E-state index contributed by atoms with van der Waals surface area (Å²) in [6, 6.07) is 10.8. The molecule has 0 radical (unpaired) electrons. The van der Waals surface area contributed by atoms with Gasteiger partial charge in [-0.25, -0.2) is 0 Å². The van der Waals surface area contributed by atoms with E-state index in [2.05, 4.69) is 23.5 Å². The zero-order chi connectivity index (χ0) is 23.6. The molecule has 0 aromatic heterocycles. The maximum Gasteiger partial charge on any atom is 0.422 e. The molecule has 3 aliphatic rings. The number of halogens is 3. The lowest BCUT2D eigenvalue weighted by molar-refractivity contribution is -0.153. The second-order valence-corrected chi connectivity index (χ2v) is 9.36. The van der Waals surface area contributed by atoms with E-state index in [9.17, 15) is 18.0 Å². The maximum absolute atomic E-state index is 13.7. The van der Waals surface area contributed by atoms with Crippen molar-refractivity contribution in [2.45, 2.75) is 49.9 Å². The van der Waals surface area contributed by atoms with E-state index in [4.69, 9.17) is 21.7 Å². The first kappa shape index (κ1) is 22.0. The Hall–Kier alpha value is -2.81. The molecule has 0 bridgehead atoms. The third-order valence-electron chi connectivity index (χ3n) is 6.93. The van der Waals surface area contributed by atoms with Gasteiger partial charge in [0.2, 0.25) is 0 Å². The Balaban J connectivity index is 1.59. The zero-order valence-electron chi connectivity index (χ0n) is 18.2. The molecular weight excluding hydrogens is 453 g/mol. The topological polar surface area (TPSA) is 50.8 Å². The molecule has 1 N–H and O–H groups in total. The number of likely N-dealkylation sites (N-methyl/N-ethyl adjacent to an activating group) is 1. The molecule has 2 spiro atoms. The molecule has 2 unspecified atom stereocenters. The van der Waals surface area contributed by atoms with Crippen LogP contribution in [0.15, 0.2) is 36.4 Å². The van der Waals surface area contributed by atoms with Gasteiger partial charge in [-0.15, -0.1) is 0 Å². The Morgan fingerprint density at radius 1 is 1.15 bits per heavy atom. The number of ether oxygens (including phenoxy) is 2. The molecule has 2 atom stereocenters. The fourth-order valence-electron chi connectivity index (χ4n) is 5.32. The van der Waals surface area contributed by atoms with Crippen LogP contribution in [0.5, 0.6) is 11.5 Å². The number of alkyl halides is 3. The molecule has 0 saturated carbocycles. The molecule has 9 heteroatoms. The van der Waals surface area contributed by atoms with Crippen molar-refractivity contribution in [1.29, 1.82) is 0 Å². The number of carbonyl (C=O) groups excluding carboxylic acids is 1. The number of nitrogens with one attached hydrogen (secondary N) is 1. The van der Waals surface area contributed by atoms with Gasteiger partial charge in [0, 0.05) is 12.6 Å². The van der Waals surface area contributed by atoms with Crippen LogP contribution in [0, 0.1) is 6.92 Å². The van der Waals surface area contributed by atoms with Crippen molar-refractivity contribution in [3.05, 3.63) is 58.7 Å². The number of benzene rings is 2. The van der Waals surface area contributed by atoms with Gasteiger partial charge in [0.25, 0.3) is 5.91 Å². The van der Waals surface area contributed by atoms with Crippen LogP contribution in [-0.2, 0) is 23.2 Å². The van der Waals surface area contributed by atoms with Crippen molar-refractivity contribution < 1.29 is 27.4 Å². The fourth-order valence-corrected chi connectivity index (χ4v) is 5.55. The number of hydrogen-bond donors (Lipinski definition) is 1. The highest BCUT2D eigenvalue weighted by Gasteiger charge is 2.68. The first-order valence-corrected chi connectivity index (χ1v) is 11.2. The Labute approximate surface area is 194 Å². The highest BCUT2D eigenvalue weighted by atomic mass is 32.1. The van der Waals surface area contributed by atoms with E-state index in [0.717, 1.165) is 5.56 Å². The highest BCUT2D eigenvalue weighted by molar-refractivity contribution is 7.80. The number of aryl methyl sites for hydroxylation is 3. The lowest BCUT2D eigenvalue weighted by atomic mass is 9.71. The number of hydrogen-bond acceptors (Lipinski definition) is 4. The molecule has 1 aliphatic carbocycles. The molecule has 1 amide bonds. The third kappa shape index (κ3) is 3.36. The lowest BCUT2D eigenvalue weighted by Crippen LogP contribution is -2.61. The fraction of sp³-hybridized carbons (Fsp3) is 0.417. The van der Waals surface area contributed by atoms with Crippen molar-refractivity contribution in [2.75, 3.05) is 13.7 Å². The van der Waals surface area contributed by atoms with E-state index in [0.29, 0.717) is 37.0 Å². The molecule has 2 aromatic carbocycles. The molecule has 1 fully saturated rings. The number of nitrogens with zero attached hydrogens (tertiary/aromatic N) is 1. The van der Waals surface area contributed by atoms with Crippen LogP contribution in [-0.4, -0.2) is 41.4 Å². The normalized spacial score (nSPS) is 26.2. The molecular formula is C24H23F3N2O3S. The summed E-state index contributed by atoms with van der Waals surface area (Å²) in [4.78, 5) is 15.1. The van der Waals surface area contributed by atoms with E-state index in [1.807, 2.05) is 6.92 Å². The summed E-state index contributed by atoms with van der Waals surface area (Å²) < 4.78 is 49.7. The molecule has 2 heterocycles. The summed E-state index contributed by atoms with van der Waals surface area (Å²) in [5.74, 6) is 0.200. The van der Waals surface area contributed by atoms with E-state index >= 15 is 0 Å². The van der Waals surface area contributed by atoms with Gasteiger partial charge in [-0.1, -0.05) is 23.8 Å².